The number of carbonyl (C=O) groups is 1. The molecule has 0 saturated carbocycles. The lowest BCUT2D eigenvalue weighted by Gasteiger charge is -2.32. The molecule has 1 aliphatic heterocycles. The Bertz CT molecular complexity index is 491. The summed E-state index contributed by atoms with van der Waals surface area (Å²) < 4.78 is 26.7. The van der Waals surface area contributed by atoms with Crippen molar-refractivity contribution < 1.29 is 18.7 Å². The molecule has 21 heavy (non-hydrogen) atoms. The molecule has 0 amide bonds. The first-order valence-corrected chi connectivity index (χ1v) is 7.42. The van der Waals surface area contributed by atoms with Crippen molar-refractivity contribution >= 4 is 5.78 Å². The molecule has 2 rings (SSSR count). The number of benzene rings is 1. The molecular formula is C16H21F2NO2. The van der Waals surface area contributed by atoms with Crippen LogP contribution in [0.25, 0.3) is 0 Å². The molecule has 1 atom stereocenters. The van der Waals surface area contributed by atoms with E-state index in [1.54, 1.807) is 0 Å². The summed E-state index contributed by atoms with van der Waals surface area (Å²) in [5.41, 5.74) is -0.168. The summed E-state index contributed by atoms with van der Waals surface area (Å²) in [5.74, 6) is -1.94. The zero-order valence-corrected chi connectivity index (χ0v) is 12.0. The summed E-state index contributed by atoms with van der Waals surface area (Å²) in [5, 5.41) is 8.98. The van der Waals surface area contributed by atoms with E-state index in [2.05, 4.69) is 4.90 Å². The lowest BCUT2D eigenvalue weighted by Crippen LogP contribution is -2.37. The van der Waals surface area contributed by atoms with E-state index >= 15 is 0 Å². The molecule has 5 heteroatoms. The minimum atomic E-state index is -1.06. The highest BCUT2D eigenvalue weighted by Gasteiger charge is 2.21. The molecule has 1 aromatic rings. The first kappa shape index (κ1) is 16.0. The van der Waals surface area contributed by atoms with E-state index in [9.17, 15) is 13.6 Å². The van der Waals surface area contributed by atoms with Gasteiger partial charge in [0, 0.05) is 26.1 Å². The zero-order chi connectivity index (χ0) is 15.2. The predicted octanol–water partition coefficient (Wildman–Crippen LogP) is 2.63. The average molecular weight is 297 g/mol. The standard InChI is InChI=1S/C16H21F2NO2/c17-14-5-1-4-13(16(14)18)15(21)6-9-19-8-2-3-12(11-19)7-10-20/h1,4-5,12,20H,2-3,6-11H2. The molecule has 116 valence electrons. The van der Waals surface area contributed by atoms with Crippen LogP contribution in [-0.2, 0) is 0 Å². The van der Waals surface area contributed by atoms with Crippen molar-refractivity contribution in [2.45, 2.75) is 25.7 Å². The number of hydrogen-bond donors (Lipinski definition) is 1. The van der Waals surface area contributed by atoms with E-state index in [1.807, 2.05) is 0 Å². The molecule has 1 unspecified atom stereocenters. The van der Waals surface area contributed by atoms with Gasteiger partial charge in [-0.25, -0.2) is 8.78 Å². The van der Waals surface area contributed by atoms with Crippen LogP contribution in [0, 0.1) is 17.6 Å². The van der Waals surface area contributed by atoms with Crippen molar-refractivity contribution in [3.05, 3.63) is 35.4 Å². The fourth-order valence-electron chi connectivity index (χ4n) is 2.89. The van der Waals surface area contributed by atoms with E-state index in [-0.39, 0.29) is 24.4 Å². The number of hydrogen-bond acceptors (Lipinski definition) is 3. The van der Waals surface area contributed by atoms with Crippen LogP contribution in [0.15, 0.2) is 18.2 Å². The Balaban J connectivity index is 1.87. The van der Waals surface area contributed by atoms with Crippen LogP contribution in [0.4, 0.5) is 8.78 Å². The third-order valence-electron chi connectivity index (χ3n) is 4.05. The number of piperidine rings is 1. The van der Waals surface area contributed by atoms with Gasteiger partial charge >= 0.3 is 0 Å². The molecule has 1 N–H and O–H groups in total. The molecule has 0 aromatic heterocycles. The van der Waals surface area contributed by atoms with Crippen molar-refractivity contribution in [3.8, 4) is 0 Å². The normalized spacial score (nSPS) is 19.7. The van der Waals surface area contributed by atoms with E-state index in [4.69, 9.17) is 5.11 Å². The summed E-state index contributed by atoms with van der Waals surface area (Å²) in [7, 11) is 0. The van der Waals surface area contributed by atoms with Crippen molar-refractivity contribution in [1.29, 1.82) is 0 Å². The van der Waals surface area contributed by atoms with Crippen LogP contribution in [0.5, 0.6) is 0 Å². The molecule has 0 bridgehead atoms. The minimum absolute atomic E-state index is 0.168. The maximum Gasteiger partial charge on any atom is 0.169 e. The summed E-state index contributed by atoms with van der Waals surface area (Å²) >= 11 is 0. The molecule has 0 spiro atoms. The van der Waals surface area contributed by atoms with Crippen molar-refractivity contribution in [2.24, 2.45) is 5.92 Å². The van der Waals surface area contributed by atoms with Gasteiger partial charge in [0.2, 0.25) is 0 Å². The number of likely N-dealkylation sites (tertiary alicyclic amines) is 1. The number of aliphatic hydroxyl groups is 1. The molecule has 1 fully saturated rings. The lowest BCUT2D eigenvalue weighted by atomic mass is 9.95. The van der Waals surface area contributed by atoms with E-state index in [1.165, 1.54) is 12.1 Å². The first-order chi connectivity index (χ1) is 10.1. The number of Topliss-reactive ketones (excluding diaryl/α,β-unsaturated/α-hetero) is 1. The topological polar surface area (TPSA) is 40.5 Å². The van der Waals surface area contributed by atoms with Crippen LogP contribution < -0.4 is 0 Å². The average Bonchev–Trinajstić information content (AvgIpc) is 2.48. The van der Waals surface area contributed by atoms with Crippen molar-refractivity contribution in [3.63, 3.8) is 0 Å². The molecule has 1 saturated heterocycles. The second-order valence-corrected chi connectivity index (χ2v) is 5.60. The van der Waals surface area contributed by atoms with E-state index in [0.717, 1.165) is 38.4 Å². The van der Waals surface area contributed by atoms with Gasteiger partial charge in [0.25, 0.3) is 0 Å². The van der Waals surface area contributed by atoms with E-state index < -0.39 is 11.6 Å². The van der Waals surface area contributed by atoms with Gasteiger partial charge in [0.05, 0.1) is 5.56 Å². The first-order valence-electron chi connectivity index (χ1n) is 7.42. The van der Waals surface area contributed by atoms with E-state index in [0.29, 0.717) is 12.5 Å². The second-order valence-electron chi connectivity index (χ2n) is 5.60. The highest BCUT2D eigenvalue weighted by atomic mass is 19.2. The van der Waals surface area contributed by atoms with Gasteiger partial charge < -0.3 is 10.0 Å². The van der Waals surface area contributed by atoms with Crippen LogP contribution in [-0.4, -0.2) is 42.0 Å². The fraction of sp³-hybridized carbons (Fsp3) is 0.562. The summed E-state index contributed by atoms with van der Waals surface area (Å²) in [6.45, 7) is 2.52. The Labute approximate surface area is 123 Å². The van der Waals surface area contributed by atoms with Crippen LogP contribution >= 0.6 is 0 Å². The third kappa shape index (κ3) is 4.32. The Morgan fingerprint density at radius 3 is 2.95 bits per heavy atom. The van der Waals surface area contributed by atoms with Gasteiger partial charge in [0.15, 0.2) is 17.4 Å². The lowest BCUT2D eigenvalue weighted by molar-refractivity contribution is 0.0933. The Morgan fingerprint density at radius 1 is 1.38 bits per heavy atom. The van der Waals surface area contributed by atoms with Gasteiger partial charge in [-0.15, -0.1) is 0 Å². The smallest absolute Gasteiger partial charge is 0.169 e. The molecule has 0 radical (unpaired) electrons. The number of carbonyl (C=O) groups excluding carboxylic acids is 1. The Morgan fingerprint density at radius 2 is 2.19 bits per heavy atom. The highest BCUT2D eigenvalue weighted by molar-refractivity contribution is 5.96. The number of rotatable bonds is 6. The zero-order valence-electron chi connectivity index (χ0n) is 12.0. The minimum Gasteiger partial charge on any atom is -0.396 e. The molecular weight excluding hydrogens is 276 g/mol. The summed E-state index contributed by atoms with van der Waals surface area (Å²) in [6.07, 6.45) is 3.12. The maximum atomic E-state index is 13.5. The Hall–Kier alpha value is -1.33. The molecule has 0 aliphatic carbocycles. The quantitative estimate of drug-likeness (QED) is 0.821. The molecule has 1 heterocycles. The number of aliphatic hydroxyl groups excluding tert-OH is 1. The van der Waals surface area contributed by atoms with Gasteiger partial charge in [-0.1, -0.05) is 6.07 Å². The second kappa shape index (κ2) is 7.61. The molecule has 3 nitrogen and oxygen atoms in total. The number of nitrogens with zero attached hydrogens (tertiary/aromatic N) is 1. The Kier molecular flexibility index (Phi) is 5.82. The van der Waals surface area contributed by atoms with Gasteiger partial charge in [-0.2, -0.15) is 0 Å². The van der Waals surface area contributed by atoms with Gasteiger partial charge in [-0.3, -0.25) is 4.79 Å². The monoisotopic (exact) mass is 297 g/mol. The third-order valence-corrected chi connectivity index (χ3v) is 4.05. The van der Waals surface area contributed by atoms with Gasteiger partial charge in [-0.05, 0) is 43.9 Å². The van der Waals surface area contributed by atoms with Crippen LogP contribution in [0.2, 0.25) is 0 Å². The molecule has 1 aliphatic rings. The van der Waals surface area contributed by atoms with Crippen LogP contribution in [0.3, 0.4) is 0 Å². The SMILES string of the molecule is O=C(CCN1CCCC(CCO)C1)c1cccc(F)c1F. The van der Waals surface area contributed by atoms with Crippen molar-refractivity contribution in [2.75, 3.05) is 26.2 Å². The summed E-state index contributed by atoms with van der Waals surface area (Å²) in [6, 6.07) is 3.69. The predicted molar refractivity (Wildman–Crippen MR) is 76.2 cm³/mol. The maximum absolute atomic E-state index is 13.5. The number of ketones is 1. The fourth-order valence-corrected chi connectivity index (χ4v) is 2.89. The van der Waals surface area contributed by atoms with Crippen LogP contribution in [0.1, 0.15) is 36.0 Å². The summed E-state index contributed by atoms with van der Waals surface area (Å²) in [4.78, 5) is 14.2. The molecule has 1 aromatic carbocycles. The highest BCUT2D eigenvalue weighted by Crippen LogP contribution is 2.20. The van der Waals surface area contributed by atoms with Gasteiger partial charge in [0.1, 0.15) is 0 Å². The largest absolute Gasteiger partial charge is 0.396 e. The number of halogens is 2. The van der Waals surface area contributed by atoms with Crippen molar-refractivity contribution in [1.82, 2.24) is 4.90 Å².